The number of hydrogen-bond donors (Lipinski definition) is 2. The molecule has 5 heterocycles. The molecule has 0 spiro atoms. The van der Waals surface area contributed by atoms with E-state index in [1.807, 2.05) is 6.07 Å². The third-order valence-corrected chi connectivity index (χ3v) is 5.40. The second-order valence-electron chi connectivity index (χ2n) is 7.13. The summed E-state index contributed by atoms with van der Waals surface area (Å²) in [6.07, 6.45) is 8.56. The summed E-state index contributed by atoms with van der Waals surface area (Å²) in [4.78, 5) is 18.0. The molecular weight excluding hydrogens is 389 g/mol. The number of rotatable bonds is 5. The average Bonchev–Trinajstić information content (AvgIpc) is 3.53. The van der Waals surface area contributed by atoms with Gasteiger partial charge in [0.05, 0.1) is 31.1 Å². The number of H-pyrrole nitrogens is 1. The third-order valence-electron chi connectivity index (χ3n) is 5.40. The Hall–Kier alpha value is -3.53. The Bertz CT molecular complexity index is 1180. The topological polar surface area (TPSA) is 104 Å². The van der Waals surface area contributed by atoms with Crippen LogP contribution in [0.2, 0.25) is 0 Å². The molecule has 9 nitrogen and oxygen atoms in total. The van der Waals surface area contributed by atoms with Crippen LogP contribution in [-0.2, 0) is 0 Å². The molecule has 0 saturated carbocycles. The number of methoxy groups -OCH3 is 1. The number of pyridine rings is 1. The zero-order valence-electron chi connectivity index (χ0n) is 16.2. The standard InChI is InChI=1S/C20H20FN7O2/c1-30-20-13(9-12(21)10-24-20)15-3-2-7-27(15)16-4-8-28-19(26-16)14(11-25-28)17(29)18-22-5-6-23-18/h4-6,8-11,15,17,29H,2-3,7H2,1H3,(H,22,23)/t15-,17?/m1/s1. The fourth-order valence-electron chi connectivity index (χ4n) is 4.02. The fourth-order valence-corrected chi connectivity index (χ4v) is 4.02. The van der Waals surface area contributed by atoms with Crippen molar-refractivity contribution in [3.05, 3.63) is 65.9 Å². The van der Waals surface area contributed by atoms with E-state index < -0.39 is 11.9 Å². The van der Waals surface area contributed by atoms with Crippen LogP contribution in [0, 0.1) is 5.82 Å². The maximum Gasteiger partial charge on any atom is 0.218 e. The molecule has 0 aromatic carbocycles. The molecule has 1 aliphatic rings. The van der Waals surface area contributed by atoms with Crippen LogP contribution < -0.4 is 9.64 Å². The molecule has 1 saturated heterocycles. The molecule has 0 radical (unpaired) electrons. The van der Waals surface area contributed by atoms with E-state index in [4.69, 9.17) is 9.72 Å². The zero-order valence-corrected chi connectivity index (χ0v) is 16.2. The number of nitrogens with zero attached hydrogens (tertiary/aromatic N) is 6. The Morgan fingerprint density at radius 3 is 3.03 bits per heavy atom. The Balaban J connectivity index is 1.54. The molecule has 5 rings (SSSR count). The Morgan fingerprint density at radius 1 is 1.33 bits per heavy atom. The normalized spacial score (nSPS) is 17.6. The summed E-state index contributed by atoms with van der Waals surface area (Å²) >= 11 is 0. The van der Waals surface area contributed by atoms with Gasteiger partial charge in [0, 0.05) is 30.7 Å². The van der Waals surface area contributed by atoms with Crippen molar-refractivity contribution in [2.24, 2.45) is 0 Å². The molecule has 0 aliphatic carbocycles. The van der Waals surface area contributed by atoms with Gasteiger partial charge in [0.1, 0.15) is 23.6 Å². The van der Waals surface area contributed by atoms with E-state index in [1.54, 1.807) is 29.3 Å². The lowest BCUT2D eigenvalue weighted by Crippen LogP contribution is -2.24. The minimum absolute atomic E-state index is 0.112. The van der Waals surface area contributed by atoms with Crippen LogP contribution >= 0.6 is 0 Å². The molecule has 10 heteroatoms. The Kier molecular flexibility index (Phi) is 4.55. The van der Waals surface area contributed by atoms with Crippen molar-refractivity contribution in [1.82, 2.24) is 29.5 Å². The second kappa shape index (κ2) is 7.38. The molecule has 0 amide bonds. The number of nitrogens with one attached hydrogen (secondary N) is 1. The van der Waals surface area contributed by atoms with Crippen molar-refractivity contribution in [1.29, 1.82) is 0 Å². The first-order chi connectivity index (χ1) is 14.7. The number of anilines is 1. The predicted molar refractivity (Wildman–Crippen MR) is 106 cm³/mol. The number of aromatic amines is 1. The van der Waals surface area contributed by atoms with Gasteiger partial charge in [-0.3, -0.25) is 0 Å². The van der Waals surface area contributed by atoms with Gasteiger partial charge in [-0.1, -0.05) is 0 Å². The van der Waals surface area contributed by atoms with Gasteiger partial charge in [-0.15, -0.1) is 0 Å². The number of aliphatic hydroxyl groups excluding tert-OH is 1. The van der Waals surface area contributed by atoms with E-state index in [1.165, 1.54) is 13.2 Å². The van der Waals surface area contributed by atoms with Crippen molar-refractivity contribution in [2.45, 2.75) is 25.0 Å². The summed E-state index contributed by atoms with van der Waals surface area (Å²) < 4.78 is 20.9. The average molecular weight is 409 g/mol. The Morgan fingerprint density at radius 2 is 2.23 bits per heavy atom. The number of aliphatic hydroxyl groups is 1. The lowest BCUT2D eigenvalue weighted by atomic mass is 10.1. The van der Waals surface area contributed by atoms with E-state index >= 15 is 0 Å². The number of hydrogen-bond acceptors (Lipinski definition) is 7. The molecule has 1 aliphatic heterocycles. The van der Waals surface area contributed by atoms with E-state index in [-0.39, 0.29) is 6.04 Å². The monoisotopic (exact) mass is 409 g/mol. The van der Waals surface area contributed by atoms with Crippen LogP contribution in [0.1, 0.15) is 41.9 Å². The summed E-state index contributed by atoms with van der Waals surface area (Å²) in [5.74, 6) is 1.14. The SMILES string of the molecule is COc1ncc(F)cc1[C@H]1CCCN1c1ccn2ncc(C(O)c3ncc[nH]3)c2n1. The van der Waals surface area contributed by atoms with Gasteiger partial charge in [0.25, 0.3) is 0 Å². The minimum atomic E-state index is -0.970. The van der Waals surface area contributed by atoms with Gasteiger partial charge < -0.3 is 19.7 Å². The van der Waals surface area contributed by atoms with Crippen LogP contribution in [0.4, 0.5) is 10.2 Å². The minimum Gasteiger partial charge on any atom is -0.481 e. The lowest BCUT2D eigenvalue weighted by molar-refractivity contribution is 0.212. The predicted octanol–water partition coefficient (Wildman–Crippen LogP) is 2.42. The highest BCUT2D eigenvalue weighted by atomic mass is 19.1. The molecule has 4 aromatic heterocycles. The van der Waals surface area contributed by atoms with E-state index in [2.05, 4.69) is 25.0 Å². The third kappa shape index (κ3) is 3.05. The number of ether oxygens (including phenoxy) is 1. The first kappa shape index (κ1) is 18.5. The van der Waals surface area contributed by atoms with Crippen molar-refractivity contribution >= 4 is 11.5 Å². The zero-order chi connectivity index (χ0) is 20.7. The molecule has 2 atom stereocenters. The Labute approximate surface area is 171 Å². The summed E-state index contributed by atoms with van der Waals surface area (Å²) in [5, 5.41) is 15.0. The summed E-state index contributed by atoms with van der Waals surface area (Å²) in [6.45, 7) is 0.762. The van der Waals surface area contributed by atoms with Crippen LogP contribution in [0.3, 0.4) is 0 Å². The van der Waals surface area contributed by atoms with Crippen LogP contribution in [0.25, 0.3) is 5.65 Å². The van der Waals surface area contributed by atoms with E-state index in [9.17, 15) is 9.50 Å². The molecule has 1 unspecified atom stereocenters. The van der Waals surface area contributed by atoms with Gasteiger partial charge in [-0.25, -0.2) is 23.9 Å². The number of halogens is 1. The van der Waals surface area contributed by atoms with Crippen molar-refractivity contribution in [3.63, 3.8) is 0 Å². The smallest absolute Gasteiger partial charge is 0.218 e. The van der Waals surface area contributed by atoms with Gasteiger partial charge in [-0.2, -0.15) is 5.10 Å². The van der Waals surface area contributed by atoms with Gasteiger partial charge in [-0.05, 0) is 25.0 Å². The van der Waals surface area contributed by atoms with E-state index in [0.717, 1.165) is 25.6 Å². The van der Waals surface area contributed by atoms with Gasteiger partial charge in [0.15, 0.2) is 5.65 Å². The van der Waals surface area contributed by atoms with Crippen molar-refractivity contribution in [3.8, 4) is 5.88 Å². The largest absolute Gasteiger partial charge is 0.481 e. The van der Waals surface area contributed by atoms with Gasteiger partial charge in [0.2, 0.25) is 5.88 Å². The highest BCUT2D eigenvalue weighted by Gasteiger charge is 2.31. The lowest BCUT2D eigenvalue weighted by Gasteiger charge is -2.27. The first-order valence-corrected chi connectivity index (χ1v) is 9.63. The van der Waals surface area contributed by atoms with Crippen LogP contribution in [0.15, 0.2) is 43.1 Å². The number of imidazole rings is 1. The van der Waals surface area contributed by atoms with Crippen LogP contribution in [0.5, 0.6) is 5.88 Å². The summed E-state index contributed by atoms with van der Waals surface area (Å²) in [6, 6.07) is 3.22. The summed E-state index contributed by atoms with van der Waals surface area (Å²) in [7, 11) is 1.53. The molecule has 0 bridgehead atoms. The molecule has 2 N–H and O–H groups in total. The number of fused-ring (bicyclic) bond motifs is 1. The van der Waals surface area contributed by atoms with E-state index in [0.29, 0.717) is 34.3 Å². The maximum atomic E-state index is 13.9. The fraction of sp³-hybridized carbons (Fsp3) is 0.300. The second-order valence-corrected chi connectivity index (χ2v) is 7.13. The van der Waals surface area contributed by atoms with Crippen LogP contribution in [-0.4, -0.2) is 48.3 Å². The molecule has 154 valence electrons. The number of aromatic nitrogens is 6. The van der Waals surface area contributed by atoms with Gasteiger partial charge >= 0.3 is 0 Å². The molecule has 4 aromatic rings. The quantitative estimate of drug-likeness (QED) is 0.522. The summed E-state index contributed by atoms with van der Waals surface area (Å²) in [5.41, 5.74) is 1.78. The van der Waals surface area contributed by atoms with Crippen molar-refractivity contribution in [2.75, 3.05) is 18.6 Å². The highest BCUT2D eigenvalue weighted by Crippen LogP contribution is 2.39. The molecule has 1 fully saturated rings. The molecule has 30 heavy (non-hydrogen) atoms. The van der Waals surface area contributed by atoms with Crippen molar-refractivity contribution < 1.29 is 14.2 Å². The first-order valence-electron chi connectivity index (χ1n) is 9.63. The molecular formula is C20H20FN7O2. The highest BCUT2D eigenvalue weighted by molar-refractivity contribution is 5.56. The maximum absolute atomic E-state index is 13.9.